The number of carbonyl (C=O) groups is 1. The summed E-state index contributed by atoms with van der Waals surface area (Å²) in [5, 5.41) is 9.62. The number of pyridine rings is 1. The number of hydrogen-bond acceptors (Lipinski definition) is 3. The Bertz CT molecular complexity index is 712. The summed E-state index contributed by atoms with van der Waals surface area (Å²) < 4.78 is 0. The van der Waals surface area contributed by atoms with E-state index in [9.17, 15) is 9.90 Å². The second-order valence-electron chi connectivity index (χ2n) is 6.44. The molecule has 0 aliphatic carbocycles. The molecule has 2 atom stereocenters. The second kappa shape index (κ2) is 7.14. The molecule has 0 amide bonds. The van der Waals surface area contributed by atoms with Crippen LogP contribution in [0.5, 0.6) is 0 Å². The number of benzene rings is 1. The van der Waals surface area contributed by atoms with Crippen LogP contribution in [-0.4, -0.2) is 33.5 Å². The fraction of sp³-hybridized carbons (Fsp3) is 0.400. The molecule has 1 N–H and O–H groups in total. The summed E-state index contributed by atoms with van der Waals surface area (Å²) in [5.74, 6) is -0.740. The first-order chi connectivity index (χ1) is 11.6. The third kappa shape index (κ3) is 3.20. The molecule has 1 saturated heterocycles. The molecule has 2 aromatic rings. The van der Waals surface area contributed by atoms with Crippen molar-refractivity contribution in [2.75, 3.05) is 6.54 Å². The molecule has 2 unspecified atom stereocenters. The molecule has 2 heterocycles. The van der Waals surface area contributed by atoms with Gasteiger partial charge in [0.25, 0.3) is 0 Å². The summed E-state index contributed by atoms with van der Waals surface area (Å²) in [6, 6.07) is 11.8. The van der Waals surface area contributed by atoms with Crippen molar-refractivity contribution in [1.82, 2.24) is 9.88 Å². The fourth-order valence-corrected chi connectivity index (χ4v) is 3.57. The van der Waals surface area contributed by atoms with Gasteiger partial charge in [0.2, 0.25) is 0 Å². The highest BCUT2D eigenvalue weighted by Crippen LogP contribution is 2.35. The van der Waals surface area contributed by atoms with Gasteiger partial charge in [0.15, 0.2) is 0 Å². The van der Waals surface area contributed by atoms with E-state index in [1.807, 2.05) is 24.4 Å². The first-order valence-corrected chi connectivity index (χ1v) is 8.60. The predicted molar refractivity (Wildman–Crippen MR) is 94.0 cm³/mol. The Balaban J connectivity index is 2.06. The second-order valence-corrected chi connectivity index (χ2v) is 6.44. The Morgan fingerprint density at radius 2 is 2.12 bits per heavy atom. The Morgan fingerprint density at radius 1 is 1.33 bits per heavy atom. The van der Waals surface area contributed by atoms with E-state index < -0.39 is 12.0 Å². The van der Waals surface area contributed by atoms with Crippen molar-refractivity contribution < 1.29 is 9.90 Å². The van der Waals surface area contributed by atoms with E-state index in [2.05, 4.69) is 41.9 Å². The molecule has 0 spiro atoms. The Morgan fingerprint density at radius 3 is 2.75 bits per heavy atom. The zero-order chi connectivity index (χ0) is 17.1. The summed E-state index contributed by atoms with van der Waals surface area (Å²) >= 11 is 0. The minimum absolute atomic E-state index is 0.110. The number of rotatable bonds is 5. The number of carboxylic acids is 1. The summed E-state index contributed by atoms with van der Waals surface area (Å²) in [5.41, 5.74) is 4.43. The molecule has 0 saturated carbocycles. The van der Waals surface area contributed by atoms with Crippen molar-refractivity contribution in [3.05, 3.63) is 65.0 Å². The van der Waals surface area contributed by atoms with E-state index in [1.165, 1.54) is 11.1 Å². The quantitative estimate of drug-likeness (QED) is 0.913. The topological polar surface area (TPSA) is 53.4 Å². The maximum absolute atomic E-state index is 11.7. The molecule has 3 rings (SSSR count). The van der Waals surface area contributed by atoms with Crippen LogP contribution in [0.3, 0.4) is 0 Å². The lowest BCUT2D eigenvalue weighted by molar-refractivity contribution is -0.142. The molecule has 0 bridgehead atoms. The Kier molecular flexibility index (Phi) is 4.95. The fourth-order valence-electron chi connectivity index (χ4n) is 3.57. The SMILES string of the molecule is CCc1ccc(C(c2ccccc2C)N2CCCC2C(=O)O)nc1. The summed E-state index contributed by atoms with van der Waals surface area (Å²) in [7, 11) is 0. The van der Waals surface area contributed by atoms with Gasteiger partial charge in [-0.05, 0) is 48.9 Å². The maximum Gasteiger partial charge on any atom is 0.320 e. The zero-order valence-electron chi connectivity index (χ0n) is 14.3. The van der Waals surface area contributed by atoms with Crippen LogP contribution in [-0.2, 0) is 11.2 Å². The van der Waals surface area contributed by atoms with Crippen LogP contribution in [0.25, 0.3) is 0 Å². The molecule has 1 aromatic heterocycles. The lowest BCUT2D eigenvalue weighted by atomic mass is 9.95. The van der Waals surface area contributed by atoms with Crippen LogP contribution >= 0.6 is 0 Å². The number of carboxylic acid groups (broad SMARTS) is 1. The van der Waals surface area contributed by atoms with Gasteiger partial charge in [0, 0.05) is 12.7 Å². The van der Waals surface area contributed by atoms with E-state index in [0.29, 0.717) is 6.42 Å². The number of likely N-dealkylation sites (tertiary alicyclic amines) is 1. The number of nitrogens with zero attached hydrogens (tertiary/aromatic N) is 2. The van der Waals surface area contributed by atoms with Gasteiger partial charge >= 0.3 is 5.97 Å². The molecule has 4 nitrogen and oxygen atoms in total. The van der Waals surface area contributed by atoms with Crippen LogP contribution in [0.1, 0.15) is 48.2 Å². The Labute approximate surface area is 143 Å². The van der Waals surface area contributed by atoms with Crippen LogP contribution in [0.4, 0.5) is 0 Å². The molecule has 1 fully saturated rings. The average Bonchev–Trinajstić information content (AvgIpc) is 3.07. The van der Waals surface area contributed by atoms with Gasteiger partial charge < -0.3 is 5.11 Å². The highest BCUT2D eigenvalue weighted by Gasteiger charge is 2.37. The minimum Gasteiger partial charge on any atom is -0.480 e. The van der Waals surface area contributed by atoms with Gasteiger partial charge in [0.05, 0.1) is 11.7 Å². The van der Waals surface area contributed by atoms with Gasteiger partial charge in [-0.25, -0.2) is 0 Å². The lowest BCUT2D eigenvalue weighted by Gasteiger charge is -2.32. The standard InChI is InChI=1S/C20H24N2O2/c1-3-15-10-11-17(21-13-15)19(16-8-5-4-7-14(16)2)22-12-6-9-18(22)20(23)24/h4-5,7-8,10-11,13,18-19H,3,6,9,12H2,1-2H3,(H,23,24). The van der Waals surface area contributed by atoms with Crippen molar-refractivity contribution >= 4 is 5.97 Å². The lowest BCUT2D eigenvalue weighted by Crippen LogP contribution is -2.39. The summed E-state index contributed by atoms with van der Waals surface area (Å²) in [6.45, 7) is 4.97. The molecule has 4 heteroatoms. The number of aryl methyl sites for hydroxylation is 2. The highest BCUT2D eigenvalue weighted by molar-refractivity contribution is 5.74. The smallest absolute Gasteiger partial charge is 0.320 e. The molecule has 126 valence electrons. The van der Waals surface area contributed by atoms with E-state index in [4.69, 9.17) is 0 Å². The first-order valence-electron chi connectivity index (χ1n) is 8.60. The number of aliphatic carboxylic acids is 1. The first kappa shape index (κ1) is 16.7. The summed E-state index contributed by atoms with van der Waals surface area (Å²) in [6.07, 6.45) is 4.47. The number of aromatic nitrogens is 1. The molecule has 1 aliphatic rings. The summed E-state index contributed by atoms with van der Waals surface area (Å²) in [4.78, 5) is 18.5. The monoisotopic (exact) mass is 324 g/mol. The van der Waals surface area contributed by atoms with Crippen LogP contribution in [0.15, 0.2) is 42.6 Å². The maximum atomic E-state index is 11.7. The van der Waals surface area contributed by atoms with Crippen molar-refractivity contribution in [1.29, 1.82) is 0 Å². The molecular formula is C20H24N2O2. The molecule has 0 radical (unpaired) electrons. The Hall–Kier alpha value is -2.20. The van der Waals surface area contributed by atoms with E-state index in [0.717, 1.165) is 30.6 Å². The molecule has 24 heavy (non-hydrogen) atoms. The minimum atomic E-state index is -0.740. The van der Waals surface area contributed by atoms with Gasteiger partial charge in [-0.15, -0.1) is 0 Å². The van der Waals surface area contributed by atoms with Crippen molar-refractivity contribution in [3.8, 4) is 0 Å². The van der Waals surface area contributed by atoms with Gasteiger partial charge in [-0.3, -0.25) is 14.7 Å². The van der Waals surface area contributed by atoms with Gasteiger partial charge in [-0.1, -0.05) is 37.3 Å². The van der Waals surface area contributed by atoms with Crippen LogP contribution in [0.2, 0.25) is 0 Å². The van der Waals surface area contributed by atoms with Crippen molar-refractivity contribution in [3.63, 3.8) is 0 Å². The molecular weight excluding hydrogens is 300 g/mol. The van der Waals surface area contributed by atoms with Gasteiger partial charge in [0.1, 0.15) is 6.04 Å². The van der Waals surface area contributed by atoms with Crippen LogP contribution in [0, 0.1) is 6.92 Å². The molecule has 1 aliphatic heterocycles. The van der Waals surface area contributed by atoms with Crippen molar-refractivity contribution in [2.45, 2.75) is 45.2 Å². The van der Waals surface area contributed by atoms with Crippen LogP contribution < -0.4 is 0 Å². The van der Waals surface area contributed by atoms with Crippen molar-refractivity contribution in [2.24, 2.45) is 0 Å². The number of hydrogen-bond donors (Lipinski definition) is 1. The molecule has 1 aromatic carbocycles. The normalized spacial score (nSPS) is 19.3. The third-order valence-corrected chi connectivity index (χ3v) is 4.93. The zero-order valence-corrected chi connectivity index (χ0v) is 14.3. The average molecular weight is 324 g/mol. The third-order valence-electron chi connectivity index (χ3n) is 4.93. The van der Waals surface area contributed by atoms with Gasteiger partial charge in [-0.2, -0.15) is 0 Å². The highest BCUT2D eigenvalue weighted by atomic mass is 16.4. The van der Waals surface area contributed by atoms with E-state index >= 15 is 0 Å². The van der Waals surface area contributed by atoms with E-state index in [1.54, 1.807) is 0 Å². The largest absolute Gasteiger partial charge is 0.480 e. The van der Waals surface area contributed by atoms with E-state index in [-0.39, 0.29) is 6.04 Å². The predicted octanol–water partition coefficient (Wildman–Crippen LogP) is 3.59.